The van der Waals surface area contributed by atoms with Crippen molar-refractivity contribution in [1.29, 1.82) is 0 Å². The monoisotopic (exact) mass is 290 g/mol. The molecule has 3 atom stereocenters. The molecule has 3 unspecified atom stereocenters. The van der Waals surface area contributed by atoms with Crippen LogP contribution in [0.1, 0.15) is 26.7 Å². The smallest absolute Gasteiger partial charge is 0.223 e. The van der Waals surface area contributed by atoms with Crippen molar-refractivity contribution < 1.29 is 9.53 Å². The predicted octanol–water partition coefficient (Wildman–Crippen LogP) is 2.21. The molecule has 21 heavy (non-hydrogen) atoms. The van der Waals surface area contributed by atoms with Crippen LogP contribution in [0.5, 0.6) is 5.75 Å². The minimum atomic E-state index is -0.0178. The SMILES string of the molecule is CC(CCOc1ccccc1)C(=O)NC1CCNCC1C. The molecule has 1 aromatic rings. The third kappa shape index (κ3) is 5.05. The Bertz CT molecular complexity index is 436. The van der Waals surface area contributed by atoms with Gasteiger partial charge >= 0.3 is 0 Å². The van der Waals surface area contributed by atoms with Crippen molar-refractivity contribution in [1.82, 2.24) is 10.6 Å². The van der Waals surface area contributed by atoms with E-state index in [2.05, 4.69) is 17.6 Å². The van der Waals surface area contributed by atoms with Crippen molar-refractivity contribution in [3.05, 3.63) is 30.3 Å². The molecule has 4 heteroatoms. The summed E-state index contributed by atoms with van der Waals surface area (Å²) >= 11 is 0. The molecule has 1 amide bonds. The summed E-state index contributed by atoms with van der Waals surface area (Å²) in [7, 11) is 0. The Labute approximate surface area is 127 Å². The molecule has 4 nitrogen and oxygen atoms in total. The van der Waals surface area contributed by atoms with Gasteiger partial charge in [-0.1, -0.05) is 32.0 Å². The van der Waals surface area contributed by atoms with Crippen LogP contribution in [-0.4, -0.2) is 31.6 Å². The van der Waals surface area contributed by atoms with E-state index in [-0.39, 0.29) is 11.8 Å². The molecule has 1 aliphatic heterocycles. The average Bonchev–Trinajstić information content (AvgIpc) is 2.50. The molecular formula is C17H26N2O2. The maximum atomic E-state index is 12.2. The molecule has 0 radical (unpaired) electrons. The Morgan fingerprint density at radius 3 is 2.90 bits per heavy atom. The van der Waals surface area contributed by atoms with Crippen LogP contribution >= 0.6 is 0 Å². The van der Waals surface area contributed by atoms with E-state index >= 15 is 0 Å². The van der Waals surface area contributed by atoms with Crippen LogP contribution in [0.15, 0.2) is 30.3 Å². The van der Waals surface area contributed by atoms with Crippen LogP contribution in [0.25, 0.3) is 0 Å². The number of hydrogen-bond acceptors (Lipinski definition) is 3. The number of piperidine rings is 1. The van der Waals surface area contributed by atoms with Crippen LogP contribution in [0, 0.1) is 11.8 Å². The van der Waals surface area contributed by atoms with E-state index in [1.807, 2.05) is 37.3 Å². The molecule has 1 aliphatic rings. The summed E-state index contributed by atoms with van der Waals surface area (Å²) < 4.78 is 5.65. The minimum Gasteiger partial charge on any atom is -0.494 e. The molecule has 2 rings (SSSR count). The largest absolute Gasteiger partial charge is 0.494 e. The summed E-state index contributed by atoms with van der Waals surface area (Å²) in [4.78, 5) is 12.2. The summed E-state index contributed by atoms with van der Waals surface area (Å²) in [6.07, 6.45) is 1.75. The lowest BCUT2D eigenvalue weighted by Gasteiger charge is -2.31. The molecule has 1 aromatic carbocycles. The number of ether oxygens (including phenoxy) is 1. The lowest BCUT2D eigenvalue weighted by molar-refractivity contribution is -0.126. The zero-order valence-electron chi connectivity index (χ0n) is 13.0. The highest BCUT2D eigenvalue weighted by molar-refractivity contribution is 5.78. The molecule has 0 aliphatic carbocycles. The van der Waals surface area contributed by atoms with Gasteiger partial charge in [0.15, 0.2) is 0 Å². The van der Waals surface area contributed by atoms with Gasteiger partial charge in [0.25, 0.3) is 0 Å². The first-order chi connectivity index (χ1) is 10.2. The Balaban J connectivity index is 1.69. The summed E-state index contributed by atoms with van der Waals surface area (Å²) in [5.74, 6) is 1.48. The lowest BCUT2D eigenvalue weighted by atomic mass is 9.94. The first kappa shape index (κ1) is 15.8. The molecule has 1 fully saturated rings. The molecule has 1 heterocycles. The number of hydrogen-bond donors (Lipinski definition) is 2. The zero-order valence-corrected chi connectivity index (χ0v) is 13.0. The maximum Gasteiger partial charge on any atom is 0.223 e. The van der Waals surface area contributed by atoms with Crippen LogP contribution in [0.3, 0.4) is 0 Å². The van der Waals surface area contributed by atoms with E-state index in [0.717, 1.165) is 31.7 Å². The number of benzene rings is 1. The van der Waals surface area contributed by atoms with Crippen molar-refractivity contribution in [2.45, 2.75) is 32.7 Å². The molecule has 0 saturated carbocycles. The number of rotatable bonds is 6. The van der Waals surface area contributed by atoms with Crippen molar-refractivity contribution in [2.24, 2.45) is 11.8 Å². The number of amides is 1. The van der Waals surface area contributed by atoms with E-state index in [1.165, 1.54) is 0 Å². The van der Waals surface area contributed by atoms with Gasteiger partial charge in [0.1, 0.15) is 5.75 Å². The molecule has 0 bridgehead atoms. The molecule has 1 saturated heterocycles. The fourth-order valence-electron chi connectivity index (χ4n) is 2.55. The van der Waals surface area contributed by atoms with E-state index in [4.69, 9.17) is 4.74 Å². The van der Waals surface area contributed by atoms with Gasteiger partial charge < -0.3 is 15.4 Å². The van der Waals surface area contributed by atoms with Crippen LogP contribution in [0.4, 0.5) is 0 Å². The second-order valence-corrected chi connectivity index (χ2v) is 5.94. The summed E-state index contributed by atoms with van der Waals surface area (Å²) in [6.45, 7) is 6.69. The van der Waals surface area contributed by atoms with Gasteiger partial charge in [-0.3, -0.25) is 4.79 Å². The number of nitrogens with one attached hydrogen (secondary N) is 2. The Morgan fingerprint density at radius 1 is 1.43 bits per heavy atom. The number of para-hydroxylation sites is 1. The van der Waals surface area contributed by atoms with Crippen LogP contribution in [-0.2, 0) is 4.79 Å². The first-order valence-corrected chi connectivity index (χ1v) is 7.85. The van der Waals surface area contributed by atoms with Crippen molar-refractivity contribution in [2.75, 3.05) is 19.7 Å². The maximum absolute atomic E-state index is 12.2. The molecule has 116 valence electrons. The highest BCUT2D eigenvalue weighted by atomic mass is 16.5. The highest BCUT2D eigenvalue weighted by Gasteiger charge is 2.24. The lowest BCUT2D eigenvalue weighted by Crippen LogP contribution is -2.49. The number of carbonyl (C=O) groups is 1. The molecular weight excluding hydrogens is 264 g/mol. The fraction of sp³-hybridized carbons (Fsp3) is 0.588. The highest BCUT2D eigenvalue weighted by Crippen LogP contribution is 2.13. The van der Waals surface area contributed by atoms with E-state index in [0.29, 0.717) is 18.6 Å². The standard InChI is InChI=1S/C17H26N2O2/c1-13(9-11-21-15-6-4-3-5-7-15)17(20)19-16-8-10-18-12-14(16)2/h3-7,13-14,16,18H,8-12H2,1-2H3,(H,19,20). The second kappa shape index (κ2) is 8.03. The Morgan fingerprint density at radius 2 is 2.19 bits per heavy atom. The van der Waals surface area contributed by atoms with Gasteiger partial charge in [0.05, 0.1) is 6.61 Å². The van der Waals surface area contributed by atoms with Gasteiger partial charge in [0, 0.05) is 12.0 Å². The summed E-state index contributed by atoms with van der Waals surface area (Å²) in [5.41, 5.74) is 0. The van der Waals surface area contributed by atoms with Crippen molar-refractivity contribution >= 4 is 5.91 Å². The van der Waals surface area contributed by atoms with Gasteiger partial charge in [-0.05, 0) is 44.0 Å². The topological polar surface area (TPSA) is 50.4 Å². The molecule has 0 spiro atoms. The van der Waals surface area contributed by atoms with Crippen LogP contribution < -0.4 is 15.4 Å². The second-order valence-electron chi connectivity index (χ2n) is 5.94. The van der Waals surface area contributed by atoms with Gasteiger partial charge in [0.2, 0.25) is 5.91 Å². The van der Waals surface area contributed by atoms with E-state index < -0.39 is 0 Å². The van der Waals surface area contributed by atoms with Gasteiger partial charge in [-0.15, -0.1) is 0 Å². The third-order valence-corrected chi connectivity index (χ3v) is 4.12. The van der Waals surface area contributed by atoms with E-state index in [1.54, 1.807) is 0 Å². The zero-order chi connectivity index (χ0) is 15.1. The molecule has 2 N–H and O–H groups in total. The van der Waals surface area contributed by atoms with Crippen molar-refractivity contribution in [3.8, 4) is 5.75 Å². The first-order valence-electron chi connectivity index (χ1n) is 7.85. The summed E-state index contributed by atoms with van der Waals surface area (Å²) in [6, 6.07) is 10.0. The van der Waals surface area contributed by atoms with Gasteiger partial charge in [-0.2, -0.15) is 0 Å². The minimum absolute atomic E-state index is 0.0178. The summed E-state index contributed by atoms with van der Waals surface area (Å²) in [5, 5.41) is 6.53. The Kier molecular flexibility index (Phi) is 6.05. The fourth-order valence-corrected chi connectivity index (χ4v) is 2.55. The normalized spacial score (nSPS) is 23.3. The predicted molar refractivity (Wildman–Crippen MR) is 84.3 cm³/mol. The quantitative estimate of drug-likeness (QED) is 0.844. The average molecular weight is 290 g/mol. The molecule has 0 aromatic heterocycles. The Hall–Kier alpha value is -1.55. The van der Waals surface area contributed by atoms with E-state index in [9.17, 15) is 4.79 Å². The van der Waals surface area contributed by atoms with Crippen molar-refractivity contribution in [3.63, 3.8) is 0 Å². The van der Waals surface area contributed by atoms with Gasteiger partial charge in [-0.25, -0.2) is 0 Å². The third-order valence-electron chi connectivity index (χ3n) is 4.12. The van der Waals surface area contributed by atoms with Crippen LogP contribution in [0.2, 0.25) is 0 Å². The number of carbonyl (C=O) groups excluding carboxylic acids is 1.